The highest BCUT2D eigenvalue weighted by molar-refractivity contribution is 7.99. The van der Waals surface area contributed by atoms with Crippen LogP contribution in [0.25, 0.3) is 10.8 Å². The average Bonchev–Trinajstić information content (AvgIpc) is 2.48. The van der Waals surface area contributed by atoms with Gasteiger partial charge in [-0.3, -0.25) is 0 Å². The third-order valence-corrected chi connectivity index (χ3v) is 4.45. The molecule has 0 nitrogen and oxygen atoms in total. The zero-order chi connectivity index (χ0) is 13.1. The minimum Gasteiger partial charge on any atom is -0.118 e. The zero-order valence-electron chi connectivity index (χ0n) is 10.9. The van der Waals surface area contributed by atoms with Crippen LogP contribution in [0.1, 0.15) is 17.7 Å². The van der Waals surface area contributed by atoms with Gasteiger partial charge < -0.3 is 0 Å². The Morgan fingerprint density at radius 2 is 1.42 bits per heavy atom. The lowest BCUT2D eigenvalue weighted by Gasteiger charge is -2.12. The van der Waals surface area contributed by atoms with E-state index in [4.69, 9.17) is 0 Å². The molecule has 0 fully saturated rings. The third kappa shape index (κ3) is 2.82. The summed E-state index contributed by atoms with van der Waals surface area (Å²) in [4.78, 5) is 1.33. The molecule has 3 aromatic rings. The fraction of sp³-hybridized carbons (Fsp3) is 0.111. The molecule has 0 heterocycles. The summed E-state index contributed by atoms with van der Waals surface area (Å²) in [6, 6.07) is 25.9. The first-order valence-electron chi connectivity index (χ1n) is 6.53. The first-order valence-corrected chi connectivity index (χ1v) is 7.41. The van der Waals surface area contributed by atoms with Crippen molar-refractivity contribution in [2.24, 2.45) is 0 Å². The summed E-state index contributed by atoms with van der Waals surface area (Å²) in [7, 11) is 0. The van der Waals surface area contributed by atoms with Gasteiger partial charge in [0, 0.05) is 10.1 Å². The van der Waals surface area contributed by atoms with Crippen LogP contribution >= 0.6 is 11.8 Å². The molecule has 0 aliphatic carbocycles. The van der Waals surface area contributed by atoms with E-state index in [0.717, 1.165) is 0 Å². The van der Waals surface area contributed by atoms with Crippen molar-refractivity contribution < 1.29 is 0 Å². The molecule has 3 rings (SSSR count). The highest BCUT2D eigenvalue weighted by atomic mass is 32.2. The van der Waals surface area contributed by atoms with Gasteiger partial charge in [-0.25, -0.2) is 0 Å². The quantitative estimate of drug-likeness (QED) is 0.547. The van der Waals surface area contributed by atoms with Gasteiger partial charge in [0.25, 0.3) is 0 Å². The van der Waals surface area contributed by atoms with Crippen LogP contribution in [-0.2, 0) is 0 Å². The molecule has 0 unspecified atom stereocenters. The van der Waals surface area contributed by atoms with E-state index < -0.39 is 0 Å². The van der Waals surface area contributed by atoms with E-state index in [9.17, 15) is 0 Å². The van der Waals surface area contributed by atoms with E-state index in [-0.39, 0.29) is 0 Å². The second-order valence-electron chi connectivity index (χ2n) is 4.68. The lowest BCUT2D eigenvalue weighted by Crippen LogP contribution is -1.87. The van der Waals surface area contributed by atoms with E-state index in [1.54, 1.807) is 0 Å². The van der Waals surface area contributed by atoms with Crippen LogP contribution in [0.3, 0.4) is 0 Å². The molecule has 1 heteroatoms. The topological polar surface area (TPSA) is 0 Å². The van der Waals surface area contributed by atoms with Crippen molar-refractivity contribution in [2.75, 3.05) is 0 Å². The Labute approximate surface area is 118 Å². The predicted molar refractivity (Wildman–Crippen MR) is 84.7 cm³/mol. The summed E-state index contributed by atoms with van der Waals surface area (Å²) in [6.07, 6.45) is 0. The Hall–Kier alpha value is -1.73. The van der Waals surface area contributed by atoms with Crippen molar-refractivity contribution in [3.8, 4) is 0 Å². The van der Waals surface area contributed by atoms with Crippen LogP contribution in [0.2, 0.25) is 0 Å². The average molecular weight is 264 g/mol. The van der Waals surface area contributed by atoms with Gasteiger partial charge in [-0.05, 0) is 35.4 Å². The van der Waals surface area contributed by atoms with Gasteiger partial charge in [-0.1, -0.05) is 60.7 Å². The Bertz CT molecular complexity index is 673. The fourth-order valence-corrected chi connectivity index (χ4v) is 3.28. The summed E-state index contributed by atoms with van der Waals surface area (Å²) in [5.74, 6) is 0. The standard InChI is InChI=1S/C18H16S/c1-14(15-7-3-2-4-8-15)19-18-12-11-16-9-5-6-10-17(16)13-18/h2-14H,1H3/t14-/m0/s1. The molecule has 0 aliphatic rings. The van der Waals surface area contributed by atoms with Crippen LogP contribution in [0.4, 0.5) is 0 Å². The van der Waals surface area contributed by atoms with Crippen molar-refractivity contribution in [2.45, 2.75) is 17.1 Å². The number of hydrogen-bond donors (Lipinski definition) is 0. The lowest BCUT2D eigenvalue weighted by molar-refractivity contribution is 1.10. The Balaban J connectivity index is 1.85. The number of thioether (sulfide) groups is 1. The smallest absolute Gasteiger partial charge is 0.0316 e. The van der Waals surface area contributed by atoms with Crippen molar-refractivity contribution in [3.05, 3.63) is 78.4 Å². The molecule has 0 bridgehead atoms. The molecular formula is C18H16S. The summed E-state index contributed by atoms with van der Waals surface area (Å²) in [5, 5.41) is 3.09. The first kappa shape index (κ1) is 12.3. The van der Waals surface area contributed by atoms with E-state index in [1.807, 2.05) is 11.8 Å². The summed E-state index contributed by atoms with van der Waals surface area (Å²) in [6.45, 7) is 2.26. The lowest BCUT2D eigenvalue weighted by atomic mass is 10.1. The largest absolute Gasteiger partial charge is 0.118 e. The van der Waals surface area contributed by atoms with Crippen molar-refractivity contribution in [3.63, 3.8) is 0 Å². The van der Waals surface area contributed by atoms with Gasteiger partial charge in [-0.2, -0.15) is 0 Å². The van der Waals surface area contributed by atoms with Crippen molar-refractivity contribution in [1.29, 1.82) is 0 Å². The minimum atomic E-state index is 0.474. The van der Waals surface area contributed by atoms with E-state index >= 15 is 0 Å². The molecule has 1 atom stereocenters. The van der Waals surface area contributed by atoms with Crippen LogP contribution in [-0.4, -0.2) is 0 Å². The molecule has 0 aromatic heterocycles. The van der Waals surface area contributed by atoms with Crippen LogP contribution in [0.15, 0.2) is 77.7 Å². The number of benzene rings is 3. The molecule has 0 aliphatic heterocycles. The molecule has 0 radical (unpaired) electrons. The van der Waals surface area contributed by atoms with E-state index in [2.05, 4.69) is 79.7 Å². The minimum absolute atomic E-state index is 0.474. The van der Waals surface area contributed by atoms with Gasteiger partial charge in [-0.15, -0.1) is 11.8 Å². The number of hydrogen-bond acceptors (Lipinski definition) is 1. The van der Waals surface area contributed by atoms with Crippen LogP contribution in [0, 0.1) is 0 Å². The van der Waals surface area contributed by atoms with Gasteiger partial charge in [0.2, 0.25) is 0 Å². The Kier molecular flexibility index (Phi) is 3.56. The maximum atomic E-state index is 2.28. The number of rotatable bonds is 3. The van der Waals surface area contributed by atoms with Gasteiger partial charge in [0.1, 0.15) is 0 Å². The van der Waals surface area contributed by atoms with Gasteiger partial charge in [0.05, 0.1) is 0 Å². The molecule has 94 valence electrons. The Morgan fingerprint density at radius 3 is 2.21 bits per heavy atom. The zero-order valence-corrected chi connectivity index (χ0v) is 11.7. The molecular weight excluding hydrogens is 248 g/mol. The molecule has 3 aromatic carbocycles. The summed E-state index contributed by atoms with van der Waals surface area (Å²) in [5.41, 5.74) is 1.38. The highest BCUT2D eigenvalue weighted by Crippen LogP contribution is 2.35. The van der Waals surface area contributed by atoms with Gasteiger partial charge in [0.15, 0.2) is 0 Å². The predicted octanol–water partition coefficient (Wildman–Crippen LogP) is 5.69. The molecule has 0 N–H and O–H groups in total. The van der Waals surface area contributed by atoms with Crippen LogP contribution in [0.5, 0.6) is 0 Å². The summed E-state index contributed by atoms with van der Waals surface area (Å²) >= 11 is 1.91. The fourth-order valence-electron chi connectivity index (χ4n) is 2.24. The molecule has 0 amide bonds. The number of fused-ring (bicyclic) bond motifs is 1. The SMILES string of the molecule is C[C@H](Sc1ccc2ccccc2c1)c1ccccc1. The second-order valence-corrected chi connectivity index (χ2v) is 6.09. The monoisotopic (exact) mass is 264 g/mol. The van der Waals surface area contributed by atoms with E-state index in [1.165, 1.54) is 21.2 Å². The van der Waals surface area contributed by atoms with Crippen molar-refractivity contribution in [1.82, 2.24) is 0 Å². The summed E-state index contributed by atoms with van der Waals surface area (Å²) < 4.78 is 0. The maximum Gasteiger partial charge on any atom is 0.0316 e. The third-order valence-electron chi connectivity index (χ3n) is 3.30. The van der Waals surface area contributed by atoms with Crippen LogP contribution < -0.4 is 0 Å². The van der Waals surface area contributed by atoms with Crippen molar-refractivity contribution >= 4 is 22.5 Å². The first-order chi connectivity index (χ1) is 9.33. The molecule has 0 saturated carbocycles. The maximum absolute atomic E-state index is 2.28. The molecule has 0 spiro atoms. The molecule has 0 saturated heterocycles. The van der Waals surface area contributed by atoms with E-state index in [0.29, 0.717) is 5.25 Å². The second kappa shape index (κ2) is 5.50. The molecule has 19 heavy (non-hydrogen) atoms. The van der Waals surface area contributed by atoms with Gasteiger partial charge >= 0.3 is 0 Å². The highest BCUT2D eigenvalue weighted by Gasteiger charge is 2.07. The Morgan fingerprint density at radius 1 is 0.737 bits per heavy atom. The normalized spacial score (nSPS) is 12.5.